The second-order valence-electron chi connectivity index (χ2n) is 8.75. The van der Waals surface area contributed by atoms with Gasteiger partial charge < -0.3 is 30.0 Å². The predicted molar refractivity (Wildman–Crippen MR) is 120 cm³/mol. The van der Waals surface area contributed by atoms with E-state index in [-0.39, 0.29) is 31.0 Å². The van der Waals surface area contributed by atoms with Crippen LogP contribution in [-0.2, 0) is 35.4 Å². The molecule has 0 saturated carbocycles. The van der Waals surface area contributed by atoms with Gasteiger partial charge in [-0.15, -0.1) is 0 Å². The van der Waals surface area contributed by atoms with Crippen LogP contribution in [0.5, 0.6) is 5.75 Å². The first-order valence-corrected chi connectivity index (χ1v) is 11.2. The van der Waals surface area contributed by atoms with Crippen molar-refractivity contribution in [2.45, 2.75) is 71.6 Å². The molecule has 2 rings (SSSR count). The lowest BCUT2D eigenvalue weighted by molar-refractivity contribution is -0.271. The molecule has 0 spiro atoms. The number of benzene rings is 1. The molecule has 12 heteroatoms. The highest BCUT2D eigenvalue weighted by Gasteiger charge is 2.32. The molecule has 1 fully saturated rings. The largest absolute Gasteiger partial charge is 0.464 e. The fraction of sp³-hybridized carbons (Fsp3) is 0.565. The van der Waals surface area contributed by atoms with Crippen molar-refractivity contribution in [3.63, 3.8) is 0 Å². The zero-order valence-electron chi connectivity index (χ0n) is 20.3. The van der Waals surface area contributed by atoms with Crippen LogP contribution in [-0.4, -0.2) is 60.1 Å². The first kappa shape index (κ1) is 27.9. The van der Waals surface area contributed by atoms with Crippen molar-refractivity contribution in [2.24, 2.45) is 0 Å². The first-order chi connectivity index (χ1) is 16.5. The quantitative estimate of drug-likeness (QED) is 0.275. The Bertz CT molecular complexity index is 912. The molecule has 12 nitrogen and oxygen atoms in total. The lowest BCUT2D eigenvalue weighted by Gasteiger charge is -2.29. The van der Waals surface area contributed by atoms with Gasteiger partial charge >= 0.3 is 18.0 Å². The number of amides is 2. The molecule has 1 saturated heterocycles. The van der Waals surface area contributed by atoms with Crippen molar-refractivity contribution in [2.75, 3.05) is 13.1 Å². The van der Waals surface area contributed by atoms with E-state index in [2.05, 4.69) is 20.4 Å². The molecule has 0 aromatic heterocycles. The van der Waals surface area contributed by atoms with Gasteiger partial charge in [-0.2, -0.15) is 0 Å². The number of ether oxygens (including phenoxy) is 3. The van der Waals surface area contributed by atoms with E-state index in [0.717, 1.165) is 6.92 Å². The zero-order valence-corrected chi connectivity index (χ0v) is 20.3. The van der Waals surface area contributed by atoms with Gasteiger partial charge in [-0.1, -0.05) is 6.07 Å². The Labute approximate surface area is 203 Å². The molecule has 2 unspecified atom stereocenters. The molecule has 1 aliphatic heterocycles. The third-order valence-electron chi connectivity index (χ3n) is 4.53. The zero-order chi connectivity index (χ0) is 26.0. The first-order valence-electron chi connectivity index (χ1n) is 11.2. The Morgan fingerprint density at radius 1 is 1.09 bits per heavy atom. The van der Waals surface area contributed by atoms with E-state index in [1.165, 1.54) is 12.1 Å². The van der Waals surface area contributed by atoms with E-state index in [1.807, 2.05) is 0 Å². The van der Waals surface area contributed by atoms with Gasteiger partial charge in [0, 0.05) is 26.4 Å². The molecule has 1 aliphatic rings. The predicted octanol–water partition coefficient (Wildman–Crippen LogP) is 1.73. The molecule has 2 amide bonds. The van der Waals surface area contributed by atoms with Gasteiger partial charge in [0.25, 0.3) is 5.91 Å². The molecule has 1 aromatic rings. The van der Waals surface area contributed by atoms with Crippen LogP contribution in [0.3, 0.4) is 0 Å². The number of carbonyl (C=O) groups excluding carboxylic acids is 4. The number of aliphatic hydroxyl groups is 1. The highest BCUT2D eigenvalue weighted by molar-refractivity contribution is 5.97. The highest BCUT2D eigenvalue weighted by Crippen LogP contribution is 2.27. The summed E-state index contributed by atoms with van der Waals surface area (Å²) in [5.41, 5.74) is -0.00868. The number of hydrogen-bond donors (Lipinski definition) is 3. The number of rotatable bonds is 8. The topological polar surface area (TPSA) is 159 Å². The minimum absolute atomic E-state index is 0.116. The summed E-state index contributed by atoms with van der Waals surface area (Å²) in [6.45, 7) is 6.28. The van der Waals surface area contributed by atoms with Crippen LogP contribution in [0, 0.1) is 0 Å². The molecule has 2 atom stereocenters. The van der Waals surface area contributed by atoms with Crippen LogP contribution >= 0.6 is 0 Å². The molecular weight excluding hydrogens is 464 g/mol. The van der Waals surface area contributed by atoms with E-state index < -0.39 is 41.9 Å². The maximum absolute atomic E-state index is 12.8. The third-order valence-corrected chi connectivity index (χ3v) is 4.53. The van der Waals surface area contributed by atoms with Crippen molar-refractivity contribution in [1.82, 2.24) is 10.6 Å². The van der Waals surface area contributed by atoms with Crippen molar-refractivity contribution >= 4 is 23.9 Å². The standard InChI is InChI=1S/C23H32N2O10/c1-14(27)34-35-21(29)18-6-5-7-19(32-18)31-17-9-8-15(13-26)12-16(17)20(28)24-10-11-25-22(30)33-23(2,3)4/h8-9,12,18-19,26H,5-7,10-11,13H2,1-4H3,(H,24,28)(H,25,30). The van der Waals surface area contributed by atoms with E-state index in [9.17, 15) is 24.3 Å². The van der Waals surface area contributed by atoms with Crippen LogP contribution in [0.15, 0.2) is 18.2 Å². The average Bonchev–Trinajstić information content (AvgIpc) is 2.79. The molecule has 1 heterocycles. The summed E-state index contributed by atoms with van der Waals surface area (Å²) in [6, 6.07) is 4.58. The van der Waals surface area contributed by atoms with Gasteiger partial charge in [-0.05, 0) is 51.3 Å². The van der Waals surface area contributed by atoms with Crippen molar-refractivity contribution in [1.29, 1.82) is 0 Å². The summed E-state index contributed by atoms with van der Waals surface area (Å²) in [5.74, 6) is -1.95. The van der Waals surface area contributed by atoms with E-state index in [1.54, 1.807) is 26.8 Å². The Kier molecular flexibility index (Phi) is 10.3. The summed E-state index contributed by atoms with van der Waals surface area (Å²) >= 11 is 0. The van der Waals surface area contributed by atoms with Gasteiger partial charge in [0.2, 0.25) is 6.29 Å². The third kappa shape index (κ3) is 9.79. The monoisotopic (exact) mass is 496 g/mol. The summed E-state index contributed by atoms with van der Waals surface area (Å²) in [6.07, 6.45) is -1.10. The Hall–Kier alpha value is -3.38. The fourth-order valence-corrected chi connectivity index (χ4v) is 3.05. The van der Waals surface area contributed by atoms with E-state index in [0.29, 0.717) is 24.8 Å². The smallest absolute Gasteiger partial charge is 0.407 e. The van der Waals surface area contributed by atoms with Crippen molar-refractivity contribution in [3.8, 4) is 5.75 Å². The summed E-state index contributed by atoms with van der Waals surface area (Å²) in [5, 5.41) is 14.7. The minimum Gasteiger partial charge on any atom is -0.464 e. The second kappa shape index (κ2) is 12.9. The Morgan fingerprint density at radius 2 is 1.80 bits per heavy atom. The van der Waals surface area contributed by atoms with Crippen molar-refractivity contribution in [3.05, 3.63) is 29.3 Å². The Morgan fingerprint density at radius 3 is 2.46 bits per heavy atom. The van der Waals surface area contributed by atoms with E-state index >= 15 is 0 Å². The second-order valence-corrected chi connectivity index (χ2v) is 8.75. The van der Waals surface area contributed by atoms with Crippen LogP contribution in [0.1, 0.15) is 62.9 Å². The van der Waals surface area contributed by atoms with Gasteiger partial charge in [-0.3, -0.25) is 4.79 Å². The highest BCUT2D eigenvalue weighted by atomic mass is 17.2. The fourth-order valence-electron chi connectivity index (χ4n) is 3.05. The number of aliphatic hydroxyl groups excluding tert-OH is 1. The molecule has 0 aliphatic carbocycles. The molecule has 3 N–H and O–H groups in total. The average molecular weight is 497 g/mol. The van der Waals surface area contributed by atoms with Crippen molar-refractivity contribution < 1.29 is 48.3 Å². The number of hydrogen-bond acceptors (Lipinski definition) is 10. The number of alkyl carbamates (subject to hydrolysis) is 1. The molecular formula is C23H32N2O10. The van der Waals surface area contributed by atoms with Gasteiger partial charge in [-0.25, -0.2) is 24.2 Å². The molecule has 1 aromatic carbocycles. The van der Waals surface area contributed by atoms with Gasteiger partial charge in [0.15, 0.2) is 6.10 Å². The van der Waals surface area contributed by atoms with Crippen LogP contribution < -0.4 is 15.4 Å². The number of carbonyl (C=O) groups is 4. The van der Waals surface area contributed by atoms with E-state index in [4.69, 9.17) is 14.2 Å². The van der Waals surface area contributed by atoms with Crippen LogP contribution in [0.4, 0.5) is 4.79 Å². The molecule has 0 bridgehead atoms. The molecule has 0 radical (unpaired) electrons. The Balaban J connectivity index is 1.98. The van der Waals surface area contributed by atoms with Crippen LogP contribution in [0.2, 0.25) is 0 Å². The lowest BCUT2D eigenvalue weighted by Crippen LogP contribution is -2.39. The minimum atomic E-state index is -0.999. The maximum Gasteiger partial charge on any atom is 0.407 e. The van der Waals surface area contributed by atoms with Crippen LogP contribution in [0.25, 0.3) is 0 Å². The summed E-state index contributed by atoms with van der Waals surface area (Å²) in [4.78, 5) is 56.0. The van der Waals surface area contributed by atoms with Gasteiger partial charge in [0.05, 0.1) is 12.2 Å². The normalized spacial score (nSPS) is 17.6. The summed E-state index contributed by atoms with van der Waals surface area (Å²) in [7, 11) is 0. The van der Waals surface area contributed by atoms with Gasteiger partial charge in [0.1, 0.15) is 11.4 Å². The maximum atomic E-state index is 12.8. The summed E-state index contributed by atoms with van der Waals surface area (Å²) < 4.78 is 16.6. The lowest BCUT2D eigenvalue weighted by atomic mass is 10.1. The number of nitrogens with one attached hydrogen (secondary N) is 2. The molecule has 194 valence electrons. The molecule has 35 heavy (non-hydrogen) atoms. The SMILES string of the molecule is CC(=O)OOC(=O)C1CCCC(Oc2ccc(CO)cc2C(=O)NCCNC(=O)OC(C)(C)C)O1.